The van der Waals surface area contributed by atoms with E-state index in [1.165, 1.54) is 0 Å². The van der Waals surface area contributed by atoms with Crippen molar-refractivity contribution < 1.29 is 8.42 Å². The first-order chi connectivity index (χ1) is 8.97. The second-order valence-electron chi connectivity index (χ2n) is 4.38. The minimum Gasteiger partial charge on any atom is -0.383 e. The molecule has 0 aliphatic carbocycles. The summed E-state index contributed by atoms with van der Waals surface area (Å²) in [5.41, 5.74) is 0.605. The Balaban J connectivity index is 2.91. The largest absolute Gasteiger partial charge is 0.383 e. The minimum absolute atomic E-state index is 0.135. The van der Waals surface area contributed by atoms with Crippen molar-refractivity contribution in [2.75, 3.05) is 11.9 Å². The number of hydrogen-bond donors (Lipinski definition) is 2. The molecule has 0 spiro atoms. The van der Waals surface area contributed by atoms with Crippen molar-refractivity contribution in [3.63, 3.8) is 0 Å². The Kier molecular flexibility index (Phi) is 5.87. The van der Waals surface area contributed by atoms with Crippen LogP contribution in [0, 0.1) is 11.8 Å². The van der Waals surface area contributed by atoms with E-state index in [1.54, 1.807) is 39.0 Å². The molecule has 19 heavy (non-hydrogen) atoms. The normalized spacial score (nSPS) is 10.9. The first kappa shape index (κ1) is 15.5. The Labute approximate surface area is 115 Å². The first-order valence-electron chi connectivity index (χ1n) is 6.22. The molecule has 4 nitrogen and oxygen atoms in total. The van der Waals surface area contributed by atoms with Gasteiger partial charge < -0.3 is 5.32 Å². The van der Waals surface area contributed by atoms with Crippen LogP contribution in [0.4, 0.5) is 5.69 Å². The van der Waals surface area contributed by atoms with Gasteiger partial charge in [0.05, 0.1) is 5.69 Å². The van der Waals surface area contributed by atoms with Crippen LogP contribution in [0.2, 0.25) is 0 Å². The fourth-order valence-electron chi connectivity index (χ4n) is 1.61. The van der Waals surface area contributed by atoms with Crippen LogP contribution in [0.25, 0.3) is 0 Å². The summed E-state index contributed by atoms with van der Waals surface area (Å²) < 4.78 is 26.9. The molecule has 1 aromatic carbocycles. The summed E-state index contributed by atoms with van der Waals surface area (Å²) in [6, 6.07) is 6.74. The van der Waals surface area contributed by atoms with E-state index >= 15 is 0 Å². The van der Waals surface area contributed by atoms with Gasteiger partial charge in [-0.3, -0.25) is 0 Å². The van der Waals surface area contributed by atoms with Gasteiger partial charge >= 0.3 is 0 Å². The average molecular weight is 280 g/mol. The van der Waals surface area contributed by atoms with Crippen molar-refractivity contribution in [2.45, 2.75) is 38.1 Å². The molecule has 0 fully saturated rings. The van der Waals surface area contributed by atoms with E-state index < -0.39 is 10.0 Å². The van der Waals surface area contributed by atoms with Crippen LogP contribution in [-0.2, 0) is 10.0 Å². The zero-order valence-electron chi connectivity index (χ0n) is 11.5. The van der Waals surface area contributed by atoms with Gasteiger partial charge in [-0.1, -0.05) is 12.1 Å². The van der Waals surface area contributed by atoms with Crippen LogP contribution < -0.4 is 10.0 Å². The van der Waals surface area contributed by atoms with Crippen molar-refractivity contribution in [3.05, 3.63) is 24.3 Å². The number of para-hydroxylation sites is 1. The summed E-state index contributed by atoms with van der Waals surface area (Å²) in [4.78, 5) is 0.271. The van der Waals surface area contributed by atoms with Crippen molar-refractivity contribution >= 4 is 15.7 Å². The van der Waals surface area contributed by atoms with Crippen LogP contribution in [0.5, 0.6) is 0 Å². The monoisotopic (exact) mass is 280 g/mol. The molecule has 104 valence electrons. The predicted molar refractivity (Wildman–Crippen MR) is 78.5 cm³/mol. The summed E-state index contributed by atoms with van der Waals surface area (Å²) in [6.07, 6.45) is 0.683. The van der Waals surface area contributed by atoms with Crippen LogP contribution in [0.3, 0.4) is 0 Å². The molecule has 0 bridgehead atoms. The number of hydrogen-bond acceptors (Lipinski definition) is 3. The summed E-state index contributed by atoms with van der Waals surface area (Å²) in [5.74, 6) is 5.74. The lowest BCUT2D eigenvalue weighted by Crippen LogP contribution is -2.30. The third-order valence-electron chi connectivity index (χ3n) is 2.31. The highest BCUT2D eigenvalue weighted by atomic mass is 32.2. The highest BCUT2D eigenvalue weighted by Crippen LogP contribution is 2.20. The third-order valence-corrected chi connectivity index (χ3v) is 4.03. The van der Waals surface area contributed by atoms with Crippen LogP contribution in [-0.4, -0.2) is 21.0 Å². The van der Waals surface area contributed by atoms with Crippen molar-refractivity contribution in [2.24, 2.45) is 0 Å². The van der Waals surface area contributed by atoms with Gasteiger partial charge in [0.2, 0.25) is 10.0 Å². The molecule has 1 aromatic rings. The zero-order chi connectivity index (χ0) is 14.3. The summed E-state index contributed by atoms with van der Waals surface area (Å²) in [6.45, 7) is 5.99. The van der Waals surface area contributed by atoms with Crippen molar-refractivity contribution in [1.82, 2.24) is 4.72 Å². The van der Waals surface area contributed by atoms with E-state index in [4.69, 9.17) is 0 Å². The Morgan fingerprint density at radius 1 is 1.26 bits per heavy atom. The molecule has 0 heterocycles. The SMILES string of the molecule is CC#CCCNc1ccccc1S(=O)(=O)NC(C)C. The van der Waals surface area contributed by atoms with E-state index in [9.17, 15) is 8.42 Å². The molecule has 0 saturated heterocycles. The third kappa shape index (κ3) is 4.93. The van der Waals surface area contributed by atoms with Crippen LogP contribution in [0.15, 0.2) is 29.2 Å². The molecule has 0 aromatic heterocycles. The number of benzene rings is 1. The maximum absolute atomic E-state index is 12.2. The second kappa shape index (κ2) is 7.17. The van der Waals surface area contributed by atoms with Crippen molar-refractivity contribution in [1.29, 1.82) is 0 Å². The lowest BCUT2D eigenvalue weighted by Gasteiger charge is -2.14. The molecule has 5 heteroatoms. The Morgan fingerprint density at radius 3 is 2.58 bits per heavy atom. The van der Waals surface area contributed by atoms with Gasteiger partial charge in [-0.05, 0) is 32.9 Å². The summed E-state index contributed by atoms with van der Waals surface area (Å²) >= 11 is 0. The van der Waals surface area contributed by atoms with Gasteiger partial charge in [0, 0.05) is 19.0 Å². The quantitative estimate of drug-likeness (QED) is 0.620. The zero-order valence-corrected chi connectivity index (χ0v) is 12.3. The first-order valence-corrected chi connectivity index (χ1v) is 7.70. The number of nitrogens with one attached hydrogen (secondary N) is 2. The molecular weight excluding hydrogens is 260 g/mol. The lowest BCUT2D eigenvalue weighted by molar-refractivity contribution is 0.570. The minimum atomic E-state index is -3.48. The van der Waals surface area contributed by atoms with Gasteiger partial charge in [-0.25, -0.2) is 13.1 Å². The van der Waals surface area contributed by atoms with E-state index in [0.29, 0.717) is 18.7 Å². The molecular formula is C14H20N2O2S. The topological polar surface area (TPSA) is 58.2 Å². The Hall–Kier alpha value is -1.51. The highest BCUT2D eigenvalue weighted by molar-refractivity contribution is 7.89. The highest BCUT2D eigenvalue weighted by Gasteiger charge is 2.18. The van der Waals surface area contributed by atoms with Gasteiger partial charge in [-0.15, -0.1) is 11.8 Å². The number of anilines is 1. The molecule has 0 aliphatic heterocycles. The molecule has 0 saturated carbocycles. The van der Waals surface area contributed by atoms with E-state index in [2.05, 4.69) is 21.9 Å². The smallest absolute Gasteiger partial charge is 0.242 e. The molecule has 0 radical (unpaired) electrons. The summed E-state index contributed by atoms with van der Waals surface area (Å²) in [7, 11) is -3.48. The number of rotatable bonds is 6. The van der Waals surface area contributed by atoms with E-state index in [0.717, 1.165) is 0 Å². The molecule has 1 rings (SSSR count). The van der Waals surface area contributed by atoms with Crippen molar-refractivity contribution in [3.8, 4) is 11.8 Å². The van der Waals surface area contributed by atoms with Gasteiger partial charge in [0.1, 0.15) is 4.90 Å². The maximum atomic E-state index is 12.2. The molecule has 0 aliphatic rings. The van der Waals surface area contributed by atoms with Crippen LogP contribution >= 0.6 is 0 Å². The molecule has 2 N–H and O–H groups in total. The Bertz CT molecular complexity index is 569. The predicted octanol–water partition coefficient (Wildman–Crippen LogP) is 2.20. The lowest BCUT2D eigenvalue weighted by atomic mass is 10.3. The fraction of sp³-hybridized carbons (Fsp3) is 0.429. The van der Waals surface area contributed by atoms with Gasteiger partial charge in [0.25, 0.3) is 0 Å². The average Bonchev–Trinajstić information content (AvgIpc) is 2.33. The standard InChI is InChI=1S/C14H20N2O2S/c1-4-5-8-11-15-13-9-6-7-10-14(13)19(17,18)16-12(2)3/h6-7,9-10,12,15-16H,8,11H2,1-3H3. The number of sulfonamides is 1. The van der Waals surface area contributed by atoms with Crippen LogP contribution in [0.1, 0.15) is 27.2 Å². The van der Waals surface area contributed by atoms with Gasteiger partial charge in [-0.2, -0.15) is 0 Å². The summed E-state index contributed by atoms with van der Waals surface area (Å²) in [5, 5.41) is 3.11. The molecule has 0 amide bonds. The molecule has 0 unspecified atom stereocenters. The Morgan fingerprint density at radius 2 is 1.95 bits per heavy atom. The van der Waals surface area contributed by atoms with Gasteiger partial charge in [0.15, 0.2) is 0 Å². The molecule has 0 atom stereocenters. The maximum Gasteiger partial charge on any atom is 0.242 e. The van der Waals surface area contributed by atoms with E-state index in [-0.39, 0.29) is 10.9 Å². The second-order valence-corrected chi connectivity index (χ2v) is 6.06. The fourth-order valence-corrected chi connectivity index (χ4v) is 3.04. The van der Waals surface area contributed by atoms with E-state index in [1.807, 2.05) is 6.07 Å².